The summed E-state index contributed by atoms with van der Waals surface area (Å²) in [5.41, 5.74) is 2.26. The number of nitrogen functional groups attached to an aromatic ring is 1. The minimum atomic E-state index is -0.493. The Hall–Kier alpha value is -2.26. The standard InChI is InChI=1S/C10H12N6O2S/c1-6-12-4-7(19-6)5-13-10-8(16(17)18)2-3-9(14-10)15-11/h2-4H,5,11H2,1H3,(H2,13,14,15). The van der Waals surface area contributed by atoms with Gasteiger partial charge in [0.25, 0.3) is 0 Å². The average Bonchev–Trinajstić information content (AvgIpc) is 2.81. The van der Waals surface area contributed by atoms with Gasteiger partial charge in [0.1, 0.15) is 5.82 Å². The number of aryl methyl sites for hydroxylation is 1. The number of hydrogen-bond acceptors (Lipinski definition) is 8. The molecule has 0 aromatic carbocycles. The van der Waals surface area contributed by atoms with Gasteiger partial charge in [0.15, 0.2) is 0 Å². The number of pyridine rings is 1. The minimum Gasteiger partial charge on any atom is -0.359 e. The molecule has 2 aromatic heterocycles. The first-order chi connectivity index (χ1) is 9.10. The van der Waals surface area contributed by atoms with E-state index in [1.165, 1.54) is 23.5 Å². The number of hydrazine groups is 1. The third-order valence-corrected chi connectivity index (χ3v) is 3.23. The lowest BCUT2D eigenvalue weighted by molar-refractivity contribution is -0.384. The van der Waals surface area contributed by atoms with Crippen molar-refractivity contribution in [2.45, 2.75) is 13.5 Å². The molecule has 0 fully saturated rings. The van der Waals surface area contributed by atoms with E-state index in [2.05, 4.69) is 20.7 Å². The molecule has 0 aliphatic rings. The molecule has 4 N–H and O–H groups in total. The molecule has 0 bridgehead atoms. The van der Waals surface area contributed by atoms with Gasteiger partial charge in [-0.1, -0.05) is 0 Å². The molecule has 0 saturated heterocycles. The van der Waals surface area contributed by atoms with E-state index in [4.69, 9.17) is 5.84 Å². The van der Waals surface area contributed by atoms with Crippen molar-refractivity contribution in [3.05, 3.63) is 38.3 Å². The number of aromatic nitrogens is 2. The van der Waals surface area contributed by atoms with Crippen LogP contribution in [-0.4, -0.2) is 14.9 Å². The quantitative estimate of drug-likeness (QED) is 0.433. The summed E-state index contributed by atoms with van der Waals surface area (Å²) >= 11 is 1.52. The maximum absolute atomic E-state index is 10.9. The van der Waals surface area contributed by atoms with Gasteiger partial charge in [0.05, 0.1) is 16.5 Å². The van der Waals surface area contributed by atoms with Crippen molar-refractivity contribution in [1.82, 2.24) is 9.97 Å². The summed E-state index contributed by atoms with van der Waals surface area (Å²) in [6, 6.07) is 2.79. The van der Waals surface area contributed by atoms with Gasteiger partial charge in [-0.15, -0.1) is 11.3 Å². The summed E-state index contributed by atoms with van der Waals surface area (Å²) in [4.78, 5) is 19.5. The number of anilines is 2. The number of thiazole rings is 1. The van der Waals surface area contributed by atoms with E-state index in [-0.39, 0.29) is 11.5 Å². The predicted molar refractivity (Wildman–Crippen MR) is 72.9 cm³/mol. The van der Waals surface area contributed by atoms with E-state index in [0.29, 0.717) is 12.4 Å². The molecular formula is C10H12N6O2S. The van der Waals surface area contributed by atoms with Crippen molar-refractivity contribution in [3.63, 3.8) is 0 Å². The van der Waals surface area contributed by atoms with Crippen LogP contribution in [-0.2, 0) is 6.54 Å². The molecule has 8 nitrogen and oxygen atoms in total. The third-order valence-electron chi connectivity index (χ3n) is 2.32. The number of rotatable bonds is 5. The molecule has 19 heavy (non-hydrogen) atoms. The second-order valence-corrected chi connectivity index (χ2v) is 4.98. The van der Waals surface area contributed by atoms with Crippen LogP contribution in [0.5, 0.6) is 0 Å². The number of nitrogens with one attached hydrogen (secondary N) is 2. The highest BCUT2D eigenvalue weighted by molar-refractivity contribution is 7.11. The van der Waals surface area contributed by atoms with E-state index in [1.807, 2.05) is 6.92 Å². The molecule has 0 atom stereocenters. The Morgan fingerprint density at radius 2 is 2.32 bits per heavy atom. The molecule has 2 rings (SSSR count). The lowest BCUT2D eigenvalue weighted by atomic mass is 10.3. The number of nitrogens with zero attached hydrogens (tertiary/aromatic N) is 3. The maximum atomic E-state index is 10.9. The number of hydrogen-bond donors (Lipinski definition) is 3. The lowest BCUT2D eigenvalue weighted by Gasteiger charge is -2.06. The summed E-state index contributed by atoms with van der Waals surface area (Å²) < 4.78 is 0. The Balaban J connectivity index is 2.19. The highest BCUT2D eigenvalue weighted by atomic mass is 32.1. The van der Waals surface area contributed by atoms with Crippen molar-refractivity contribution in [2.24, 2.45) is 5.84 Å². The fraction of sp³-hybridized carbons (Fsp3) is 0.200. The Labute approximate surface area is 112 Å². The summed E-state index contributed by atoms with van der Waals surface area (Å²) in [6.45, 7) is 2.32. The van der Waals surface area contributed by atoms with Gasteiger partial charge in [-0.3, -0.25) is 10.1 Å². The Kier molecular flexibility index (Phi) is 3.88. The molecule has 0 radical (unpaired) electrons. The number of nitro groups is 1. The molecule has 0 aliphatic carbocycles. The number of nitrogens with two attached hydrogens (primary N) is 1. The van der Waals surface area contributed by atoms with E-state index >= 15 is 0 Å². The fourth-order valence-electron chi connectivity index (χ4n) is 1.47. The lowest BCUT2D eigenvalue weighted by Crippen LogP contribution is -2.11. The van der Waals surface area contributed by atoms with Gasteiger partial charge < -0.3 is 10.7 Å². The highest BCUT2D eigenvalue weighted by Gasteiger charge is 2.15. The zero-order valence-corrected chi connectivity index (χ0v) is 10.9. The second kappa shape index (κ2) is 5.59. The molecule has 2 aromatic rings. The Morgan fingerprint density at radius 1 is 1.53 bits per heavy atom. The normalized spacial score (nSPS) is 10.2. The Bertz CT molecular complexity index is 599. The van der Waals surface area contributed by atoms with Gasteiger partial charge in [-0.25, -0.2) is 15.8 Å². The monoisotopic (exact) mass is 280 g/mol. The van der Waals surface area contributed by atoms with Crippen LogP contribution < -0.4 is 16.6 Å². The van der Waals surface area contributed by atoms with E-state index < -0.39 is 4.92 Å². The molecular weight excluding hydrogens is 268 g/mol. The second-order valence-electron chi connectivity index (χ2n) is 3.66. The predicted octanol–water partition coefficient (Wildman–Crippen LogP) is 1.65. The van der Waals surface area contributed by atoms with Crippen molar-refractivity contribution < 1.29 is 4.92 Å². The zero-order chi connectivity index (χ0) is 13.8. The Morgan fingerprint density at radius 3 is 2.89 bits per heavy atom. The van der Waals surface area contributed by atoms with E-state index in [1.54, 1.807) is 6.20 Å². The topological polar surface area (TPSA) is 119 Å². The molecule has 9 heteroatoms. The summed E-state index contributed by atoms with van der Waals surface area (Å²) in [6.07, 6.45) is 1.73. The first kappa shape index (κ1) is 13.2. The molecule has 0 unspecified atom stereocenters. The smallest absolute Gasteiger partial charge is 0.311 e. The van der Waals surface area contributed by atoms with Gasteiger partial charge >= 0.3 is 5.69 Å². The first-order valence-electron chi connectivity index (χ1n) is 5.37. The van der Waals surface area contributed by atoms with Crippen LogP contribution in [0.3, 0.4) is 0 Å². The van der Waals surface area contributed by atoms with Crippen LogP contribution in [0.2, 0.25) is 0 Å². The first-order valence-corrected chi connectivity index (χ1v) is 6.19. The van der Waals surface area contributed by atoms with E-state index in [0.717, 1.165) is 9.88 Å². The van der Waals surface area contributed by atoms with Gasteiger partial charge in [-0.2, -0.15) is 0 Å². The van der Waals surface area contributed by atoms with Crippen LogP contribution in [0.15, 0.2) is 18.3 Å². The maximum Gasteiger partial charge on any atom is 0.311 e. The minimum absolute atomic E-state index is 0.0970. The molecule has 0 spiro atoms. The van der Waals surface area contributed by atoms with Crippen LogP contribution in [0.4, 0.5) is 17.3 Å². The van der Waals surface area contributed by atoms with Crippen LogP contribution in [0.1, 0.15) is 9.88 Å². The highest BCUT2D eigenvalue weighted by Crippen LogP contribution is 2.24. The van der Waals surface area contributed by atoms with E-state index in [9.17, 15) is 10.1 Å². The summed E-state index contributed by atoms with van der Waals surface area (Å²) in [5, 5.41) is 14.8. The average molecular weight is 280 g/mol. The van der Waals surface area contributed by atoms with Crippen LogP contribution >= 0.6 is 11.3 Å². The van der Waals surface area contributed by atoms with Crippen molar-refractivity contribution in [3.8, 4) is 0 Å². The van der Waals surface area contributed by atoms with Gasteiger partial charge in [0.2, 0.25) is 5.82 Å². The van der Waals surface area contributed by atoms with Crippen LogP contribution in [0, 0.1) is 17.0 Å². The SMILES string of the molecule is Cc1ncc(CNc2nc(NN)ccc2[N+](=O)[O-])s1. The summed E-state index contributed by atoms with van der Waals surface area (Å²) in [5.74, 6) is 5.77. The largest absolute Gasteiger partial charge is 0.359 e. The molecule has 100 valence electrons. The van der Waals surface area contributed by atoms with Gasteiger partial charge in [0, 0.05) is 17.1 Å². The molecule has 0 aliphatic heterocycles. The van der Waals surface area contributed by atoms with Crippen molar-refractivity contribution >= 4 is 28.7 Å². The zero-order valence-electron chi connectivity index (χ0n) is 10.1. The third kappa shape index (κ3) is 3.14. The van der Waals surface area contributed by atoms with Crippen molar-refractivity contribution in [1.29, 1.82) is 0 Å². The van der Waals surface area contributed by atoms with Gasteiger partial charge in [-0.05, 0) is 13.0 Å². The van der Waals surface area contributed by atoms with Crippen LogP contribution in [0.25, 0.3) is 0 Å². The fourth-order valence-corrected chi connectivity index (χ4v) is 2.20. The molecule has 0 amide bonds. The summed E-state index contributed by atoms with van der Waals surface area (Å²) in [7, 11) is 0. The molecule has 0 saturated carbocycles. The van der Waals surface area contributed by atoms with Crippen molar-refractivity contribution in [2.75, 3.05) is 10.7 Å². The molecule has 2 heterocycles.